The van der Waals surface area contributed by atoms with E-state index in [-0.39, 0.29) is 12.1 Å². The molecule has 0 aliphatic heterocycles. The number of nitrogens with one attached hydrogen (secondary N) is 1. The molecule has 0 aliphatic rings. The van der Waals surface area contributed by atoms with Gasteiger partial charge < -0.3 is 15.3 Å². The summed E-state index contributed by atoms with van der Waals surface area (Å²) in [5.74, 6) is 0. The lowest BCUT2D eigenvalue weighted by Gasteiger charge is -2.34. The maximum absolute atomic E-state index is 9.91. The van der Waals surface area contributed by atoms with E-state index in [0.29, 0.717) is 0 Å². The number of likely N-dealkylation sites (N-methyl/N-ethyl adjacent to an activating group) is 1. The zero-order valence-electron chi connectivity index (χ0n) is 12.8. The first-order chi connectivity index (χ1) is 9.61. The second kappa shape index (κ2) is 8.78. The highest BCUT2D eigenvalue weighted by Gasteiger charge is 2.29. The number of rotatable bonds is 9. The van der Waals surface area contributed by atoms with Crippen molar-refractivity contribution in [2.75, 3.05) is 32.8 Å². The number of benzene rings is 1. The molecular weight excluding hydrogens is 316 g/mol. The lowest BCUT2D eigenvalue weighted by molar-refractivity contribution is 0.149. The predicted molar refractivity (Wildman–Crippen MR) is 89.0 cm³/mol. The first kappa shape index (κ1) is 17.6. The van der Waals surface area contributed by atoms with Crippen molar-refractivity contribution in [1.82, 2.24) is 10.2 Å². The van der Waals surface area contributed by atoms with E-state index in [4.69, 9.17) is 0 Å². The fourth-order valence-electron chi connectivity index (χ4n) is 2.47. The van der Waals surface area contributed by atoms with Crippen LogP contribution in [-0.4, -0.2) is 42.8 Å². The zero-order chi connectivity index (χ0) is 15.0. The minimum absolute atomic E-state index is 0.109. The summed E-state index contributed by atoms with van der Waals surface area (Å²) >= 11 is 3.51. The summed E-state index contributed by atoms with van der Waals surface area (Å²) in [5, 5.41) is 13.5. The van der Waals surface area contributed by atoms with E-state index < -0.39 is 0 Å². The molecule has 4 heteroatoms. The molecule has 114 valence electrons. The van der Waals surface area contributed by atoms with Crippen LogP contribution in [0.5, 0.6) is 0 Å². The molecule has 0 saturated carbocycles. The van der Waals surface area contributed by atoms with Gasteiger partial charge in [-0.1, -0.05) is 48.8 Å². The van der Waals surface area contributed by atoms with Crippen LogP contribution < -0.4 is 5.32 Å². The summed E-state index contributed by atoms with van der Waals surface area (Å²) in [7, 11) is 0. The van der Waals surface area contributed by atoms with Crippen molar-refractivity contribution in [3.63, 3.8) is 0 Å². The van der Waals surface area contributed by atoms with Crippen molar-refractivity contribution >= 4 is 15.9 Å². The fraction of sp³-hybridized carbons (Fsp3) is 0.625. The highest BCUT2D eigenvalue weighted by molar-refractivity contribution is 9.10. The van der Waals surface area contributed by atoms with Crippen molar-refractivity contribution in [2.45, 2.75) is 32.7 Å². The van der Waals surface area contributed by atoms with E-state index in [1.165, 1.54) is 0 Å². The molecule has 1 atom stereocenters. The number of aliphatic hydroxyl groups excluding tert-OH is 1. The number of halogens is 1. The molecule has 2 N–H and O–H groups in total. The molecule has 1 unspecified atom stereocenters. The van der Waals surface area contributed by atoms with Crippen LogP contribution in [0.3, 0.4) is 0 Å². The number of aliphatic hydroxyl groups is 1. The van der Waals surface area contributed by atoms with E-state index in [9.17, 15) is 5.11 Å². The van der Waals surface area contributed by atoms with Crippen LogP contribution >= 0.6 is 15.9 Å². The average Bonchev–Trinajstić information content (AvgIpc) is 2.48. The van der Waals surface area contributed by atoms with E-state index >= 15 is 0 Å². The lowest BCUT2D eigenvalue weighted by Crippen LogP contribution is -2.48. The summed E-state index contributed by atoms with van der Waals surface area (Å²) in [6, 6.07) is 8.20. The highest BCUT2D eigenvalue weighted by Crippen LogP contribution is 2.26. The Labute approximate surface area is 131 Å². The molecule has 0 saturated heterocycles. The molecule has 0 aromatic heterocycles. The molecule has 0 spiro atoms. The van der Waals surface area contributed by atoms with Crippen molar-refractivity contribution in [1.29, 1.82) is 0 Å². The second-order valence-electron chi connectivity index (χ2n) is 5.06. The number of hydrogen-bond acceptors (Lipinski definition) is 3. The van der Waals surface area contributed by atoms with Gasteiger partial charge in [0.05, 0.1) is 12.1 Å². The molecule has 0 heterocycles. The lowest BCUT2D eigenvalue weighted by atomic mass is 9.88. The molecule has 1 rings (SSSR count). The first-order valence-corrected chi connectivity index (χ1v) is 8.25. The van der Waals surface area contributed by atoms with Gasteiger partial charge in [0.2, 0.25) is 0 Å². The van der Waals surface area contributed by atoms with Crippen molar-refractivity contribution < 1.29 is 5.11 Å². The van der Waals surface area contributed by atoms with Crippen LogP contribution in [0.2, 0.25) is 0 Å². The van der Waals surface area contributed by atoms with Crippen LogP contribution in [0.4, 0.5) is 0 Å². The Hall–Kier alpha value is -0.420. The Morgan fingerprint density at radius 3 is 2.45 bits per heavy atom. The summed E-state index contributed by atoms with van der Waals surface area (Å²) in [6.45, 7) is 10.6. The summed E-state index contributed by atoms with van der Waals surface area (Å²) < 4.78 is 1.05. The quantitative estimate of drug-likeness (QED) is 0.724. The Morgan fingerprint density at radius 1 is 1.25 bits per heavy atom. The van der Waals surface area contributed by atoms with Gasteiger partial charge in [0.25, 0.3) is 0 Å². The van der Waals surface area contributed by atoms with Crippen LogP contribution in [0.1, 0.15) is 32.8 Å². The number of hydrogen-bond donors (Lipinski definition) is 2. The van der Waals surface area contributed by atoms with Gasteiger partial charge in [-0.25, -0.2) is 0 Å². The van der Waals surface area contributed by atoms with Gasteiger partial charge in [-0.2, -0.15) is 0 Å². The fourth-order valence-corrected chi connectivity index (χ4v) is 2.87. The minimum Gasteiger partial charge on any atom is -0.394 e. The Kier molecular flexibility index (Phi) is 7.74. The van der Waals surface area contributed by atoms with Gasteiger partial charge in [-0.3, -0.25) is 0 Å². The summed E-state index contributed by atoms with van der Waals surface area (Å²) in [4.78, 5) is 2.38. The average molecular weight is 343 g/mol. The van der Waals surface area contributed by atoms with Crippen LogP contribution in [-0.2, 0) is 5.54 Å². The molecule has 0 fully saturated rings. The summed E-state index contributed by atoms with van der Waals surface area (Å²) in [6.07, 6.45) is 0.859. The van der Waals surface area contributed by atoms with Gasteiger partial charge >= 0.3 is 0 Å². The molecule has 1 aromatic carbocycles. The standard InChI is InChI=1S/C16H27BrN2O/c1-4-16(13-20,14-8-7-9-15(17)12-14)18-10-11-19(5-2)6-3/h7-9,12,18,20H,4-6,10-11,13H2,1-3H3. The molecule has 0 radical (unpaired) electrons. The molecule has 20 heavy (non-hydrogen) atoms. The molecular formula is C16H27BrN2O. The topological polar surface area (TPSA) is 35.5 Å². The van der Waals surface area contributed by atoms with Crippen LogP contribution in [0.25, 0.3) is 0 Å². The van der Waals surface area contributed by atoms with Gasteiger partial charge in [0.15, 0.2) is 0 Å². The third-order valence-corrected chi connectivity index (χ3v) is 4.53. The monoisotopic (exact) mass is 342 g/mol. The maximum atomic E-state index is 9.91. The van der Waals surface area contributed by atoms with Crippen LogP contribution in [0.15, 0.2) is 28.7 Å². The largest absolute Gasteiger partial charge is 0.394 e. The van der Waals surface area contributed by atoms with Gasteiger partial charge in [0.1, 0.15) is 0 Å². The molecule has 0 aliphatic carbocycles. The summed E-state index contributed by atoms with van der Waals surface area (Å²) in [5.41, 5.74) is 0.785. The normalized spacial score (nSPS) is 14.5. The third kappa shape index (κ3) is 4.55. The Balaban J connectivity index is 2.77. The molecule has 0 bridgehead atoms. The van der Waals surface area contributed by atoms with Crippen LogP contribution in [0, 0.1) is 0 Å². The minimum atomic E-state index is -0.350. The van der Waals surface area contributed by atoms with E-state index in [1.54, 1.807) is 0 Å². The first-order valence-electron chi connectivity index (χ1n) is 7.46. The van der Waals surface area contributed by atoms with Gasteiger partial charge in [0, 0.05) is 17.6 Å². The van der Waals surface area contributed by atoms with Crippen molar-refractivity contribution in [2.24, 2.45) is 0 Å². The van der Waals surface area contributed by atoms with E-state index in [0.717, 1.165) is 42.6 Å². The number of nitrogens with zero attached hydrogens (tertiary/aromatic N) is 1. The highest BCUT2D eigenvalue weighted by atomic mass is 79.9. The Bertz CT molecular complexity index is 390. The molecule has 0 amide bonds. The van der Waals surface area contributed by atoms with Crippen molar-refractivity contribution in [3.8, 4) is 0 Å². The molecule has 3 nitrogen and oxygen atoms in total. The second-order valence-corrected chi connectivity index (χ2v) is 5.97. The van der Waals surface area contributed by atoms with Gasteiger partial charge in [-0.05, 0) is 37.2 Å². The van der Waals surface area contributed by atoms with E-state index in [1.807, 2.05) is 12.1 Å². The maximum Gasteiger partial charge on any atom is 0.0667 e. The Morgan fingerprint density at radius 2 is 1.95 bits per heavy atom. The molecule has 1 aromatic rings. The van der Waals surface area contributed by atoms with E-state index in [2.05, 4.69) is 59.1 Å². The van der Waals surface area contributed by atoms with Crippen molar-refractivity contribution in [3.05, 3.63) is 34.3 Å². The third-order valence-electron chi connectivity index (χ3n) is 4.04. The smallest absolute Gasteiger partial charge is 0.0667 e. The SMILES string of the molecule is CCN(CC)CCNC(CC)(CO)c1cccc(Br)c1. The zero-order valence-corrected chi connectivity index (χ0v) is 14.4. The van der Waals surface area contributed by atoms with Gasteiger partial charge in [-0.15, -0.1) is 0 Å². The predicted octanol–water partition coefficient (Wildman–Crippen LogP) is 2.98.